The van der Waals surface area contributed by atoms with Gasteiger partial charge in [-0.1, -0.05) is 140 Å². The molecule has 242 valence electrons. The molecule has 0 unspecified atom stereocenters. The van der Waals surface area contributed by atoms with Gasteiger partial charge in [-0.25, -0.2) is 15.0 Å². The molecule has 0 aliphatic carbocycles. The van der Waals surface area contributed by atoms with Gasteiger partial charge in [-0.15, -0.1) is 0 Å². The van der Waals surface area contributed by atoms with Gasteiger partial charge < -0.3 is 0 Å². The van der Waals surface area contributed by atoms with E-state index in [0.717, 1.165) is 65.9 Å². The fourth-order valence-corrected chi connectivity index (χ4v) is 7.41. The van der Waals surface area contributed by atoms with Crippen LogP contribution < -0.4 is 0 Å². The quantitative estimate of drug-likeness (QED) is 0.172. The monoisotopic (exact) mass is 662 g/mol. The Balaban J connectivity index is 1.24. The van der Waals surface area contributed by atoms with Gasteiger partial charge in [0.05, 0.1) is 0 Å². The molecule has 0 radical (unpaired) electrons. The first-order chi connectivity index (χ1) is 25.8. The Morgan fingerprint density at radius 2 is 0.904 bits per heavy atom. The normalized spacial score (nSPS) is 11.5. The van der Waals surface area contributed by atoms with Gasteiger partial charge in [0.15, 0.2) is 17.5 Å². The smallest absolute Gasteiger partial charge is 0.164 e. The highest BCUT2D eigenvalue weighted by atomic mass is 15.0. The van der Waals surface area contributed by atoms with Gasteiger partial charge in [0.1, 0.15) is 0 Å². The van der Waals surface area contributed by atoms with E-state index >= 15 is 0 Å². The number of hydrogen-bond acceptors (Lipinski definition) is 4. The van der Waals surface area contributed by atoms with Crippen molar-refractivity contribution in [2.75, 3.05) is 0 Å². The molecule has 2 heterocycles. The van der Waals surface area contributed by atoms with E-state index in [1.54, 1.807) is 0 Å². The maximum Gasteiger partial charge on any atom is 0.164 e. The lowest BCUT2D eigenvalue weighted by Crippen LogP contribution is -2.02. The maximum atomic E-state index is 5.33. The molecule has 10 aromatic rings. The van der Waals surface area contributed by atoms with Crippen LogP contribution in [0.1, 0.15) is 0 Å². The van der Waals surface area contributed by atoms with Crippen molar-refractivity contribution in [1.29, 1.82) is 0 Å². The molecule has 4 heteroatoms. The first-order valence-electron chi connectivity index (χ1n) is 17.5. The first-order valence-corrected chi connectivity index (χ1v) is 17.5. The summed E-state index contributed by atoms with van der Waals surface area (Å²) in [6.07, 6.45) is 3.80. The van der Waals surface area contributed by atoms with Gasteiger partial charge >= 0.3 is 0 Å². The number of pyridine rings is 1. The Kier molecular flexibility index (Phi) is 7.10. The molecule has 0 bridgehead atoms. The van der Waals surface area contributed by atoms with Crippen LogP contribution in [-0.4, -0.2) is 19.9 Å². The molecule has 4 nitrogen and oxygen atoms in total. The molecule has 0 atom stereocenters. The zero-order valence-electron chi connectivity index (χ0n) is 28.1. The Hall–Kier alpha value is -7.04. The van der Waals surface area contributed by atoms with E-state index in [1.807, 2.05) is 30.6 Å². The summed E-state index contributed by atoms with van der Waals surface area (Å²) < 4.78 is 0. The first kappa shape index (κ1) is 29.8. The van der Waals surface area contributed by atoms with Gasteiger partial charge in [0.25, 0.3) is 0 Å². The minimum absolute atomic E-state index is 0.622. The molecule has 8 aromatic carbocycles. The van der Waals surface area contributed by atoms with Crippen LogP contribution in [-0.2, 0) is 0 Å². The number of benzene rings is 8. The number of hydrogen-bond donors (Lipinski definition) is 0. The number of nitrogens with zero attached hydrogens (tertiary/aromatic N) is 4. The van der Waals surface area contributed by atoms with Crippen LogP contribution in [0.4, 0.5) is 0 Å². The molecule has 0 aliphatic heterocycles. The second kappa shape index (κ2) is 12.4. The highest BCUT2D eigenvalue weighted by Gasteiger charge is 2.19. The molecule has 52 heavy (non-hydrogen) atoms. The Labute approximate surface area is 300 Å². The molecule has 0 saturated carbocycles. The minimum atomic E-state index is 0.622. The molecular weight excluding hydrogens is 633 g/mol. The predicted octanol–water partition coefficient (Wildman–Crippen LogP) is 12.2. The standard InChI is InChI=1S/C48H30N4/c1-3-12-32(13-4-1)42-28-37(36-20-19-31-11-7-8-16-35(31)27-36)22-24-41(42)47-50-46(34-14-5-2-6-15-34)51-48(52-47)44-29-43-40(38-17-9-10-18-39(38)44)23-21-33-25-26-49-30-45(33)43/h1-30H. The van der Waals surface area contributed by atoms with Crippen molar-refractivity contribution < 1.29 is 0 Å². The average Bonchev–Trinajstić information content (AvgIpc) is 3.23. The Morgan fingerprint density at radius 3 is 1.73 bits per heavy atom. The van der Waals surface area contributed by atoms with Crippen LogP contribution in [0.5, 0.6) is 0 Å². The highest BCUT2D eigenvalue weighted by molar-refractivity contribution is 6.20. The van der Waals surface area contributed by atoms with Crippen LogP contribution in [0.2, 0.25) is 0 Å². The summed E-state index contributed by atoms with van der Waals surface area (Å²) in [5, 5.41) is 9.21. The SMILES string of the molecule is c1ccc(-c2nc(-c3ccc(-c4ccc5ccccc5c4)cc3-c3ccccc3)nc(-c3cc4c5cnccc5ccc4c4ccccc34)n2)cc1. The number of rotatable bonds is 5. The van der Waals surface area contributed by atoms with Gasteiger partial charge in [0, 0.05) is 34.5 Å². The summed E-state index contributed by atoms with van der Waals surface area (Å²) in [6, 6.07) is 59.6. The van der Waals surface area contributed by atoms with Crippen molar-refractivity contribution in [1.82, 2.24) is 19.9 Å². The average molecular weight is 663 g/mol. The highest BCUT2D eigenvalue weighted by Crippen LogP contribution is 2.40. The summed E-state index contributed by atoms with van der Waals surface area (Å²) in [4.78, 5) is 20.2. The molecule has 0 aliphatic rings. The van der Waals surface area contributed by atoms with Gasteiger partial charge in [-0.3, -0.25) is 4.98 Å². The van der Waals surface area contributed by atoms with Crippen molar-refractivity contribution in [2.24, 2.45) is 0 Å². The van der Waals surface area contributed by atoms with Crippen LogP contribution >= 0.6 is 0 Å². The fraction of sp³-hybridized carbons (Fsp3) is 0. The van der Waals surface area contributed by atoms with E-state index in [0.29, 0.717) is 17.5 Å². The minimum Gasteiger partial charge on any atom is -0.264 e. The lowest BCUT2D eigenvalue weighted by atomic mass is 9.93. The summed E-state index contributed by atoms with van der Waals surface area (Å²) in [5.41, 5.74) is 7.27. The van der Waals surface area contributed by atoms with E-state index in [-0.39, 0.29) is 0 Å². The van der Waals surface area contributed by atoms with E-state index in [2.05, 4.69) is 157 Å². The van der Waals surface area contributed by atoms with Crippen molar-refractivity contribution in [3.8, 4) is 56.4 Å². The molecule has 2 aromatic heterocycles. The summed E-state index contributed by atoms with van der Waals surface area (Å²) in [6.45, 7) is 0. The lowest BCUT2D eigenvalue weighted by Gasteiger charge is -2.16. The van der Waals surface area contributed by atoms with E-state index in [1.165, 1.54) is 16.2 Å². The summed E-state index contributed by atoms with van der Waals surface area (Å²) >= 11 is 0. The third-order valence-corrected chi connectivity index (χ3v) is 10.00. The van der Waals surface area contributed by atoms with Crippen molar-refractivity contribution in [3.05, 3.63) is 182 Å². The largest absolute Gasteiger partial charge is 0.264 e. The predicted molar refractivity (Wildman–Crippen MR) is 215 cm³/mol. The van der Waals surface area contributed by atoms with E-state index < -0.39 is 0 Å². The van der Waals surface area contributed by atoms with Crippen LogP contribution in [0.3, 0.4) is 0 Å². The Bertz CT molecular complexity index is 2960. The molecule has 0 spiro atoms. The third-order valence-electron chi connectivity index (χ3n) is 10.00. The van der Waals surface area contributed by atoms with Crippen LogP contribution in [0, 0.1) is 0 Å². The number of fused-ring (bicyclic) bond motifs is 6. The molecule has 10 rings (SSSR count). The second-order valence-corrected chi connectivity index (χ2v) is 13.1. The van der Waals surface area contributed by atoms with Crippen molar-refractivity contribution >= 4 is 43.1 Å². The van der Waals surface area contributed by atoms with E-state index in [4.69, 9.17) is 15.0 Å². The second-order valence-electron chi connectivity index (χ2n) is 13.1. The van der Waals surface area contributed by atoms with E-state index in [9.17, 15) is 0 Å². The van der Waals surface area contributed by atoms with Gasteiger partial charge in [-0.2, -0.15) is 0 Å². The lowest BCUT2D eigenvalue weighted by molar-refractivity contribution is 1.08. The molecule has 0 N–H and O–H groups in total. The number of aromatic nitrogens is 4. The van der Waals surface area contributed by atoms with Gasteiger partial charge in [-0.05, 0) is 90.3 Å². The van der Waals surface area contributed by atoms with Gasteiger partial charge in [0.2, 0.25) is 0 Å². The van der Waals surface area contributed by atoms with Crippen molar-refractivity contribution in [2.45, 2.75) is 0 Å². The molecule has 0 saturated heterocycles. The van der Waals surface area contributed by atoms with Crippen LogP contribution in [0.25, 0.3) is 99.5 Å². The summed E-state index contributed by atoms with van der Waals surface area (Å²) in [5.74, 6) is 1.87. The van der Waals surface area contributed by atoms with Crippen LogP contribution in [0.15, 0.2) is 182 Å². The molecule has 0 amide bonds. The molecule has 0 fully saturated rings. The fourth-order valence-electron chi connectivity index (χ4n) is 7.41. The van der Waals surface area contributed by atoms with Crippen molar-refractivity contribution in [3.63, 3.8) is 0 Å². The zero-order chi connectivity index (χ0) is 34.4. The Morgan fingerprint density at radius 1 is 0.288 bits per heavy atom. The zero-order valence-corrected chi connectivity index (χ0v) is 28.1. The topological polar surface area (TPSA) is 51.6 Å². The maximum absolute atomic E-state index is 5.33. The molecular formula is C48H30N4. The third kappa shape index (κ3) is 5.17. The summed E-state index contributed by atoms with van der Waals surface area (Å²) in [7, 11) is 0.